The topological polar surface area (TPSA) is 67.2 Å². The second-order valence-corrected chi connectivity index (χ2v) is 7.71. The Morgan fingerprint density at radius 2 is 1.96 bits per heavy atom. The molecule has 26 heavy (non-hydrogen) atoms. The van der Waals surface area contributed by atoms with Crippen LogP contribution in [0.5, 0.6) is 0 Å². The summed E-state index contributed by atoms with van der Waals surface area (Å²) in [5.74, 6) is -0.406. The number of carbonyl (C=O) groups excluding carboxylic acids is 2. The predicted molar refractivity (Wildman–Crippen MR) is 106 cm³/mol. The number of halogens is 1. The Morgan fingerprint density at radius 1 is 1.31 bits per heavy atom. The minimum Gasteiger partial charge on any atom is -0.350 e. The van der Waals surface area contributed by atoms with Crippen LogP contribution in [-0.4, -0.2) is 45.1 Å². The van der Waals surface area contributed by atoms with Crippen molar-refractivity contribution in [2.45, 2.75) is 66.5 Å². The number of hydrogen-bond acceptors (Lipinski definition) is 3. The normalized spacial score (nSPS) is 11.8. The molecule has 0 bridgehead atoms. The molecule has 0 spiro atoms. The van der Waals surface area contributed by atoms with Crippen molar-refractivity contribution in [3.8, 4) is 0 Å². The Hall–Kier alpha value is -1.82. The smallest absolute Gasteiger partial charge is 0.247 e. The number of aromatic nitrogens is 2. The maximum Gasteiger partial charge on any atom is 0.247 e. The van der Waals surface area contributed by atoms with Crippen LogP contribution in [0.3, 0.4) is 0 Å². The zero-order chi connectivity index (χ0) is 19.9. The van der Waals surface area contributed by atoms with Gasteiger partial charge in [0.05, 0.1) is 12.2 Å². The molecule has 1 aromatic heterocycles. The first-order valence-corrected chi connectivity index (χ1v) is 9.47. The molecule has 0 aliphatic rings. The molecule has 1 aromatic rings. The van der Waals surface area contributed by atoms with Crippen LogP contribution >= 0.6 is 11.6 Å². The summed E-state index contributed by atoms with van der Waals surface area (Å²) in [6.07, 6.45) is 5.18. The van der Waals surface area contributed by atoms with E-state index in [0.29, 0.717) is 11.7 Å². The van der Waals surface area contributed by atoms with Crippen molar-refractivity contribution in [1.29, 1.82) is 0 Å². The Balaban J connectivity index is 2.81. The summed E-state index contributed by atoms with van der Waals surface area (Å²) in [7, 11) is 0. The molecule has 0 aliphatic heterocycles. The van der Waals surface area contributed by atoms with E-state index in [0.717, 1.165) is 30.6 Å². The van der Waals surface area contributed by atoms with Gasteiger partial charge in [-0.25, -0.2) is 0 Å². The van der Waals surface area contributed by atoms with Gasteiger partial charge in [-0.1, -0.05) is 24.9 Å². The van der Waals surface area contributed by atoms with Gasteiger partial charge in [0, 0.05) is 30.3 Å². The van der Waals surface area contributed by atoms with Crippen LogP contribution in [0.15, 0.2) is 6.08 Å². The van der Waals surface area contributed by atoms with Gasteiger partial charge in [-0.2, -0.15) is 5.10 Å². The molecule has 0 saturated carbocycles. The lowest BCUT2D eigenvalue weighted by Crippen LogP contribution is -2.47. The van der Waals surface area contributed by atoms with Crippen LogP contribution in [0.1, 0.15) is 58.7 Å². The lowest BCUT2D eigenvalue weighted by Gasteiger charge is -2.24. The molecule has 1 N–H and O–H groups in total. The van der Waals surface area contributed by atoms with Crippen LogP contribution in [-0.2, 0) is 16.1 Å². The van der Waals surface area contributed by atoms with E-state index in [4.69, 9.17) is 11.6 Å². The number of likely N-dealkylation sites (N-methyl/N-ethyl adjacent to an activating group) is 1. The van der Waals surface area contributed by atoms with Crippen LogP contribution in [0.4, 0.5) is 0 Å². The molecule has 0 saturated heterocycles. The van der Waals surface area contributed by atoms with E-state index in [2.05, 4.69) is 17.3 Å². The standard InChI is InChI=1S/C19H31ClN4O2/c1-7-9-12-24-18(20)15(14(3)22-24)10-11-17(26)23(8-2)13-16(25)21-19(4,5)6/h10-11H,7-9,12-13H2,1-6H3,(H,21,25). The Bertz CT molecular complexity index is 659. The van der Waals surface area contributed by atoms with Gasteiger partial charge in [0.2, 0.25) is 11.8 Å². The van der Waals surface area contributed by atoms with Gasteiger partial charge in [0.25, 0.3) is 0 Å². The Labute approximate surface area is 161 Å². The van der Waals surface area contributed by atoms with E-state index in [1.807, 2.05) is 34.6 Å². The molecule has 0 unspecified atom stereocenters. The highest BCUT2D eigenvalue weighted by molar-refractivity contribution is 6.31. The maximum absolute atomic E-state index is 12.4. The zero-order valence-corrected chi connectivity index (χ0v) is 17.5. The number of carbonyl (C=O) groups is 2. The first-order chi connectivity index (χ1) is 12.1. The first kappa shape index (κ1) is 22.2. The fourth-order valence-corrected chi connectivity index (χ4v) is 2.77. The van der Waals surface area contributed by atoms with E-state index in [9.17, 15) is 9.59 Å². The number of rotatable bonds is 8. The van der Waals surface area contributed by atoms with Crippen LogP contribution in [0.2, 0.25) is 5.15 Å². The van der Waals surface area contributed by atoms with Crippen molar-refractivity contribution >= 4 is 29.5 Å². The molecular formula is C19H31ClN4O2. The van der Waals surface area contributed by atoms with E-state index in [1.54, 1.807) is 10.8 Å². The molecule has 0 fully saturated rings. The van der Waals surface area contributed by atoms with Crippen LogP contribution in [0, 0.1) is 6.92 Å². The third kappa shape index (κ3) is 6.83. The molecule has 0 aliphatic carbocycles. The van der Waals surface area contributed by atoms with Gasteiger partial charge >= 0.3 is 0 Å². The Kier molecular flexibility index (Phi) is 8.34. The Morgan fingerprint density at radius 3 is 2.50 bits per heavy atom. The number of nitrogens with zero attached hydrogens (tertiary/aromatic N) is 3. The summed E-state index contributed by atoms with van der Waals surface area (Å²) in [5, 5.41) is 7.82. The van der Waals surface area contributed by atoms with E-state index < -0.39 is 0 Å². The minimum atomic E-state index is -0.326. The summed E-state index contributed by atoms with van der Waals surface area (Å²) >= 11 is 6.38. The first-order valence-electron chi connectivity index (χ1n) is 9.10. The van der Waals surface area contributed by atoms with Crippen molar-refractivity contribution < 1.29 is 9.59 Å². The summed E-state index contributed by atoms with van der Waals surface area (Å²) < 4.78 is 1.76. The monoisotopic (exact) mass is 382 g/mol. The van der Waals surface area contributed by atoms with E-state index in [1.165, 1.54) is 11.0 Å². The molecule has 7 heteroatoms. The molecule has 146 valence electrons. The third-order valence-electron chi connectivity index (χ3n) is 3.77. The van der Waals surface area contributed by atoms with Crippen molar-refractivity contribution in [3.05, 3.63) is 22.5 Å². The summed E-state index contributed by atoms with van der Waals surface area (Å²) in [6, 6.07) is 0. The SMILES string of the molecule is CCCCn1nc(C)c(C=CC(=O)N(CC)CC(=O)NC(C)(C)C)c1Cl. The quantitative estimate of drug-likeness (QED) is 0.700. The van der Waals surface area contributed by atoms with E-state index in [-0.39, 0.29) is 23.9 Å². The molecule has 0 aromatic carbocycles. The average molecular weight is 383 g/mol. The average Bonchev–Trinajstić information content (AvgIpc) is 2.80. The van der Waals surface area contributed by atoms with E-state index >= 15 is 0 Å². The number of aryl methyl sites for hydroxylation is 2. The molecular weight excluding hydrogens is 352 g/mol. The van der Waals surface area contributed by atoms with Gasteiger partial charge in [0.15, 0.2) is 0 Å². The maximum atomic E-state index is 12.4. The number of amides is 2. The van der Waals surface area contributed by atoms with Gasteiger partial charge in [0.1, 0.15) is 5.15 Å². The molecule has 1 rings (SSSR count). The van der Waals surface area contributed by atoms with Gasteiger partial charge in [-0.3, -0.25) is 14.3 Å². The van der Waals surface area contributed by atoms with Crippen molar-refractivity contribution in [1.82, 2.24) is 20.0 Å². The second-order valence-electron chi connectivity index (χ2n) is 7.35. The molecule has 2 amide bonds. The second kappa shape index (κ2) is 9.76. The fraction of sp³-hybridized carbons (Fsp3) is 0.632. The van der Waals surface area contributed by atoms with Gasteiger partial charge in [-0.05, 0) is 47.1 Å². The van der Waals surface area contributed by atoms with Gasteiger partial charge in [-0.15, -0.1) is 0 Å². The zero-order valence-electron chi connectivity index (χ0n) is 16.7. The van der Waals surface area contributed by atoms with Gasteiger partial charge < -0.3 is 10.2 Å². The minimum absolute atomic E-state index is 0.0272. The highest BCUT2D eigenvalue weighted by Gasteiger charge is 2.18. The van der Waals surface area contributed by atoms with Crippen molar-refractivity contribution in [2.24, 2.45) is 0 Å². The van der Waals surface area contributed by atoms with Crippen LogP contribution in [0.25, 0.3) is 6.08 Å². The highest BCUT2D eigenvalue weighted by atomic mass is 35.5. The van der Waals surface area contributed by atoms with Crippen LogP contribution < -0.4 is 5.32 Å². The number of unbranched alkanes of at least 4 members (excludes halogenated alkanes) is 1. The summed E-state index contributed by atoms with van der Waals surface area (Å²) in [5.41, 5.74) is 1.20. The fourth-order valence-electron chi connectivity index (χ4n) is 2.45. The molecule has 1 heterocycles. The lowest BCUT2D eigenvalue weighted by atomic mass is 10.1. The molecule has 0 radical (unpaired) electrons. The highest BCUT2D eigenvalue weighted by Crippen LogP contribution is 2.21. The molecule has 0 atom stereocenters. The summed E-state index contributed by atoms with van der Waals surface area (Å²) in [4.78, 5) is 26.0. The number of nitrogens with one attached hydrogen (secondary N) is 1. The number of hydrogen-bond donors (Lipinski definition) is 1. The molecule has 6 nitrogen and oxygen atoms in total. The predicted octanol–water partition coefficient (Wildman–Crippen LogP) is 3.42. The lowest BCUT2D eigenvalue weighted by molar-refractivity contribution is -0.132. The largest absolute Gasteiger partial charge is 0.350 e. The van der Waals surface area contributed by atoms with Crippen molar-refractivity contribution in [3.63, 3.8) is 0 Å². The third-order valence-corrected chi connectivity index (χ3v) is 4.17. The summed E-state index contributed by atoms with van der Waals surface area (Å²) in [6.45, 7) is 12.8. The van der Waals surface area contributed by atoms with Crippen molar-refractivity contribution in [2.75, 3.05) is 13.1 Å².